The Morgan fingerprint density at radius 2 is 2.20 bits per heavy atom. The second-order valence-electron chi connectivity index (χ2n) is 2.24. The Morgan fingerprint density at radius 1 is 1.50 bits per heavy atom. The molecule has 0 aromatic carbocycles. The highest BCUT2D eigenvalue weighted by Gasteiger charge is 1.89. The third-order valence-electron chi connectivity index (χ3n) is 1.08. The molecule has 60 valence electrons. The average Bonchev–Trinajstić information content (AvgIpc) is 1.87. The van der Waals surface area contributed by atoms with E-state index >= 15 is 0 Å². The van der Waals surface area contributed by atoms with Crippen molar-refractivity contribution in [2.24, 2.45) is 5.73 Å². The Bertz CT molecular complexity index is 93.6. The van der Waals surface area contributed by atoms with Crippen LogP contribution >= 0.6 is 0 Å². The predicted molar refractivity (Wildman–Crippen MR) is 42.3 cm³/mol. The zero-order valence-electron chi connectivity index (χ0n) is 6.52. The summed E-state index contributed by atoms with van der Waals surface area (Å²) in [7, 11) is 0. The monoisotopic (exact) mass is 144 g/mol. The van der Waals surface area contributed by atoms with E-state index in [2.05, 4.69) is 6.92 Å². The fourth-order valence-corrected chi connectivity index (χ4v) is 0.611. The topological polar surface area (TPSA) is 59.1 Å². The van der Waals surface area contributed by atoms with Crippen LogP contribution in [0.4, 0.5) is 0 Å². The SMILES string of the molecule is CCCOCCCC(=N)N. The summed E-state index contributed by atoms with van der Waals surface area (Å²) in [6.07, 6.45) is 2.58. The molecule has 10 heavy (non-hydrogen) atoms. The minimum Gasteiger partial charge on any atom is -0.388 e. The van der Waals surface area contributed by atoms with Gasteiger partial charge in [-0.2, -0.15) is 0 Å². The molecule has 3 nitrogen and oxygen atoms in total. The van der Waals surface area contributed by atoms with Crippen molar-refractivity contribution in [3.63, 3.8) is 0 Å². The predicted octanol–water partition coefficient (Wildman–Crippen LogP) is 1.13. The Hall–Kier alpha value is -0.570. The van der Waals surface area contributed by atoms with Crippen LogP contribution in [0.3, 0.4) is 0 Å². The van der Waals surface area contributed by atoms with Crippen LogP contribution in [0.25, 0.3) is 0 Å². The first-order valence-electron chi connectivity index (χ1n) is 3.68. The fourth-order valence-electron chi connectivity index (χ4n) is 0.611. The first-order valence-corrected chi connectivity index (χ1v) is 3.68. The molecule has 0 rings (SSSR count). The number of rotatable bonds is 6. The van der Waals surface area contributed by atoms with E-state index in [1.54, 1.807) is 0 Å². The lowest BCUT2D eigenvalue weighted by Gasteiger charge is -2.00. The maximum absolute atomic E-state index is 6.90. The van der Waals surface area contributed by atoms with Crippen molar-refractivity contribution in [1.29, 1.82) is 5.41 Å². The Balaban J connectivity index is 2.84. The van der Waals surface area contributed by atoms with Crippen molar-refractivity contribution in [3.05, 3.63) is 0 Å². The van der Waals surface area contributed by atoms with E-state index in [-0.39, 0.29) is 5.84 Å². The minimum absolute atomic E-state index is 0.250. The number of hydrogen-bond donors (Lipinski definition) is 2. The Labute approximate surface area is 62.1 Å². The third kappa shape index (κ3) is 7.43. The molecule has 0 radical (unpaired) electrons. The lowest BCUT2D eigenvalue weighted by Crippen LogP contribution is -2.10. The summed E-state index contributed by atoms with van der Waals surface area (Å²) in [5, 5.41) is 6.90. The van der Waals surface area contributed by atoms with Gasteiger partial charge in [-0.1, -0.05) is 6.92 Å². The van der Waals surface area contributed by atoms with Crippen LogP contribution in [0.1, 0.15) is 26.2 Å². The molecule has 0 aliphatic carbocycles. The summed E-state index contributed by atoms with van der Waals surface area (Å²) in [5.41, 5.74) is 5.13. The molecule has 0 spiro atoms. The Kier molecular flexibility index (Phi) is 6.18. The average molecular weight is 144 g/mol. The largest absolute Gasteiger partial charge is 0.388 e. The number of ether oxygens (including phenoxy) is 1. The molecule has 3 N–H and O–H groups in total. The van der Waals surface area contributed by atoms with Crippen molar-refractivity contribution in [2.45, 2.75) is 26.2 Å². The van der Waals surface area contributed by atoms with E-state index in [1.165, 1.54) is 0 Å². The van der Waals surface area contributed by atoms with Gasteiger partial charge in [-0.15, -0.1) is 0 Å². The van der Waals surface area contributed by atoms with Gasteiger partial charge in [0.1, 0.15) is 0 Å². The van der Waals surface area contributed by atoms with Gasteiger partial charge in [0.2, 0.25) is 0 Å². The molecule has 0 atom stereocenters. The molecule has 0 saturated carbocycles. The Morgan fingerprint density at radius 3 is 2.70 bits per heavy atom. The first-order chi connectivity index (χ1) is 4.77. The van der Waals surface area contributed by atoms with Gasteiger partial charge in [0.15, 0.2) is 0 Å². The second-order valence-corrected chi connectivity index (χ2v) is 2.24. The minimum atomic E-state index is 0.250. The summed E-state index contributed by atoms with van der Waals surface area (Å²) in [6.45, 7) is 3.62. The van der Waals surface area contributed by atoms with Crippen molar-refractivity contribution in [3.8, 4) is 0 Å². The van der Waals surface area contributed by atoms with Gasteiger partial charge in [-0.25, -0.2) is 0 Å². The van der Waals surface area contributed by atoms with Gasteiger partial charge in [0.25, 0.3) is 0 Å². The summed E-state index contributed by atoms with van der Waals surface area (Å²) >= 11 is 0. The van der Waals surface area contributed by atoms with Crippen LogP contribution in [-0.4, -0.2) is 19.0 Å². The molecule has 0 aliphatic heterocycles. The third-order valence-corrected chi connectivity index (χ3v) is 1.08. The molecule has 0 amide bonds. The van der Waals surface area contributed by atoms with E-state index in [9.17, 15) is 0 Å². The highest BCUT2D eigenvalue weighted by Crippen LogP contribution is 1.89. The van der Waals surface area contributed by atoms with Crippen LogP contribution in [0, 0.1) is 5.41 Å². The zero-order chi connectivity index (χ0) is 7.82. The molecule has 0 heterocycles. The van der Waals surface area contributed by atoms with E-state index in [4.69, 9.17) is 15.9 Å². The normalized spacial score (nSPS) is 9.70. The van der Waals surface area contributed by atoms with E-state index in [0.29, 0.717) is 6.42 Å². The maximum atomic E-state index is 6.90. The summed E-state index contributed by atoms with van der Waals surface area (Å²) < 4.78 is 5.18. The molecule has 3 heteroatoms. The van der Waals surface area contributed by atoms with Gasteiger partial charge in [-0.05, 0) is 12.8 Å². The number of nitrogens with one attached hydrogen (secondary N) is 1. The van der Waals surface area contributed by atoms with Gasteiger partial charge in [0, 0.05) is 19.6 Å². The molecule has 0 saturated heterocycles. The van der Waals surface area contributed by atoms with E-state index in [0.717, 1.165) is 26.1 Å². The molecule has 0 bridgehead atoms. The maximum Gasteiger partial charge on any atom is 0.0906 e. The van der Waals surface area contributed by atoms with Crippen LogP contribution in [0.15, 0.2) is 0 Å². The zero-order valence-corrected chi connectivity index (χ0v) is 6.52. The number of hydrogen-bond acceptors (Lipinski definition) is 2. The van der Waals surface area contributed by atoms with Crippen LogP contribution in [0.2, 0.25) is 0 Å². The highest BCUT2D eigenvalue weighted by molar-refractivity contribution is 5.76. The van der Waals surface area contributed by atoms with Crippen molar-refractivity contribution < 1.29 is 4.74 Å². The summed E-state index contributed by atoms with van der Waals surface area (Å²) in [5.74, 6) is 0.250. The van der Waals surface area contributed by atoms with E-state index in [1.807, 2.05) is 0 Å². The van der Waals surface area contributed by atoms with Gasteiger partial charge < -0.3 is 10.5 Å². The van der Waals surface area contributed by atoms with Crippen LogP contribution in [-0.2, 0) is 4.74 Å². The smallest absolute Gasteiger partial charge is 0.0906 e. The standard InChI is InChI=1S/C7H16N2O/c1-2-5-10-6-3-4-7(8)9/h2-6H2,1H3,(H3,8,9). The van der Waals surface area contributed by atoms with Crippen LogP contribution in [0.5, 0.6) is 0 Å². The molecule has 0 aliphatic rings. The van der Waals surface area contributed by atoms with Crippen LogP contribution < -0.4 is 5.73 Å². The number of amidine groups is 1. The lowest BCUT2D eigenvalue weighted by atomic mass is 10.3. The first kappa shape index (κ1) is 9.43. The van der Waals surface area contributed by atoms with Crippen molar-refractivity contribution >= 4 is 5.84 Å². The van der Waals surface area contributed by atoms with Gasteiger partial charge in [-0.3, -0.25) is 5.41 Å². The molecular weight excluding hydrogens is 128 g/mol. The molecule has 0 aromatic rings. The summed E-state index contributed by atoms with van der Waals surface area (Å²) in [6, 6.07) is 0. The lowest BCUT2D eigenvalue weighted by molar-refractivity contribution is 0.133. The molecule has 0 aromatic heterocycles. The summed E-state index contributed by atoms with van der Waals surface area (Å²) in [4.78, 5) is 0. The van der Waals surface area contributed by atoms with Gasteiger partial charge >= 0.3 is 0 Å². The van der Waals surface area contributed by atoms with E-state index < -0.39 is 0 Å². The molecular formula is C7H16N2O. The van der Waals surface area contributed by atoms with Gasteiger partial charge in [0.05, 0.1) is 5.84 Å². The molecule has 0 fully saturated rings. The fraction of sp³-hybridized carbons (Fsp3) is 0.857. The van der Waals surface area contributed by atoms with Crippen molar-refractivity contribution in [2.75, 3.05) is 13.2 Å². The number of nitrogens with two attached hydrogens (primary N) is 1. The quantitative estimate of drug-likeness (QED) is 0.333. The second kappa shape index (κ2) is 6.55. The highest BCUT2D eigenvalue weighted by atomic mass is 16.5. The van der Waals surface area contributed by atoms with Crippen molar-refractivity contribution in [1.82, 2.24) is 0 Å². The molecule has 0 unspecified atom stereocenters.